The van der Waals surface area contributed by atoms with Crippen molar-refractivity contribution in [1.82, 2.24) is 15.3 Å². The molecule has 1 amide bonds. The maximum atomic E-state index is 11.8. The van der Waals surface area contributed by atoms with E-state index in [9.17, 15) is 4.79 Å². The zero-order valence-corrected chi connectivity index (χ0v) is 10.6. The Balaban J connectivity index is 1.64. The first-order valence-electron chi connectivity index (χ1n) is 6.52. The van der Waals surface area contributed by atoms with Crippen LogP contribution in [0.3, 0.4) is 0 Å². The minimum absolute atomic E-state index is 0.0306. The molecule has 0 aromatic carbocycles. The summed E-state index contributed by atoms with van der Waals surface area (Å²) < 4.78 is 0. The summed E-state index contributed by atoms with van der Waals surface area (Å²) in [6, 6.07) is 3.62. The molecule has 2 N–H and O–H groups in total. The predicted octanol–water partition coefficient (Wildman–Crippen LogP) is 1.57. The van der Waals surface area contributed by atoms with Crippen molar-refractivity contribution in [2.45, 2.75) is 12.8 Å². The number of carbonyl (C=O) groups is 1. The zero-order valence-electron chi connectivity index (χ0n) is 10.6. The van der Waals surface area contributed by atoms with Gasteiger partial charge in [-0.2, -0.15) is 0 Å². The third-order valence-corrected chi connectivity index (χ3v) is 3.23. The Hall–Kier alpha value is -2.01. The third kappa shape index (κ3) is 3.06. The molecule has 5 heteroatoms. The lowest BCUT2D eigenvalue weighted by molar-refractivity contribution is -0.115. The lowest BCUT2D eigenvalue weighted by Crippen LogP contribution is -2.29. The Morgan fingerprint density at radius 3 is 3.05 bits per heavy atom. The van der Waals surface area contributed by atoms with Crippen LogP contribution in [-0.4, -0.2) is 29.0 Å². The number of amides is 1. The van der Waals surface area contributed by atoms with Crippen LogP contribution in [-0.2, 0) is 4.79 Å². The van der Waals surface area contributed by atoms with Crippen molar-refractivity contribution in [2.24, 2.45) is 5.92 Å². The average Bonchev–Trinajstić information content (AvgIpc) is 3.23. The van der Waals surface area contributed by atoms with Gasteiger partial charge in [0.2, 0.25) is 5.91 Å². The normalized spacial score (nSPS) is 14.5. The average molecular weight is 256 g/mol. The number of hydrogen-bond donors (Lipinski definition) is 2. The molecule has 1 aliphatic carbocycles. The number of anilines is 1. The lowest BCUT2D eigenvalue weighted by atomic mass is 10.2. The minimum Gasteiger partial charge on any atom is -0.324 e. The molecule has 2 heterocycles. The monoisotopic (exact) mass is 256 g/mol. The first-order chi connectivity index (χ1) is 9.33. The SMILES string of the molecule is O=C(CNCC1CC1)Nc1ccnc2ccncc12. The highest BCUT2D eigenvalue weighted by molar-refractivity contribution is 6.01. The highest BCUT2D eigenvalue weighted by Crippen LogP contribution is 2.27. The topological polar surface area (TPSA) is 66.9 Å². The molecule has 19 heavy (non-hydrogen) atoms. The van der Waals surface area contributed by atoms with E-state index >= 15 is 0 Å². The fourth-order valence-corrected chi connectivity index (χ4v) is 2.00. The highest BCUT2D eigenvalue weighted by Gasteiger charge is 2.20. The molecule has 1 saturated carbocycles. The second-order valence-electron chi connectivity index (χ2n) is 4.87. The molecule has 5 nitrogen and oxygen atoms in total. The summed E-state index contributed by atoms with van der Waals surface area (Å²) in [7, 11) is 0. The lowest BCUT2D eigenvalue weighted by Gasteiger charge is -2.08. The van der Waals surface area contributed by atoms with Crippen LogP contribution in [0.5, 0.6) is 0 Å². The summed E-state index contributed by atoms with van der Waals surface area (Å²) in [6.07, 6.45) is 7.67. The smallest absolute Gasteiger partial charge is 0.238 e. The molecule has 1 aliphatic rings. The highest BCUT2D eigenvalue weighted by atomic mass is 16.1. The van der Waals surface area contributed by atoms with E-state index in [0.717, 1.165) is 29.1 Å². The van der Waals surface area contributed by atoms with Gasteiger partial charge in [-0.3, -0.25) is 14.8 Å². The largest absolute Gasteiger partial charge is 0.324 e. The summed E-state index contributed by atoms with van der Waals surface area (Å²) >= 11 is 0. The Morgan fingerprint density at radius 1 is 1.32 bits per heavy atom. The van der Waals surface area contributed by atoms with E-state index in [1.807, 2.05) is 6.07 Å². The Bertz CT molecular complexity index is 590. The van der Waals surface area contributed by atoms with Crippen molar-refractivity contribution in [1.29, 1.82) is 0 Å². The van der Waals surface area contributed by atoms with Crippen molar-refractivity contribution in [2.75, 3.05) is 18.4 Å². The van der Waals surface area contributed by atoms with E-state index in [-0.39, 0.29) is 5.91 Å². The Labute approximate surface area is 111 Å². The number of rotatable bonds is 5. The molecule has 0 saturated heterocycles. The van der Waals surface area contributed by atoms with Crippen molar-refractivity contribution >= 4 is 22.5 Å². The van der Waals surface area contributed by atoms with Gasteiger partial charge in [-0.1, -0.05) is 0 Å². The second-order valence-corrected chi connectivity index (χ2v) is 4.87. The van der Waals surface area contributed by atoms with Crippen molar-refractivity contribution in [3.8, 4) is 0 Å². The first-order valence-corrected chi connectivity index (χ1v) is 6.52. The van der Waals surface area contributed by atoms with Gasteiger partial charge in [0.25, 0.3) is 0 Å². The van der Waals surface area contributed by atoms with Crippen molar-refractivity contribution < 1.29 is 4.79 Å². The van der Waals surface area contributed by atoms with Crippen LogP contribution in [0, 0.1) is 5.92 Å². The summed E-state index contributed by atoms with van der Waals surface area (Å²) in [5, 5.41) is 6.93. The standard InChI is InChI=1S/C14H16N4O/c19-14(9-16-7-10-1-2-10)18-13-4-6-17-12-3-5-15-8-11(12)13/h3-6,8,10,16H,1-2,7,9H2,(H,17,18,19). The molecule has 2 aromatic rings. The number of nitrogens with one attached hydrogen (secondary N) is 2. The first kappa shape index (κ1) is 12.0. The Kier molecular flexibility index (Phi) is 3.37. The molecule has 98 valence electrons. The van der Waals surface area contributed by atoms with Gasteiger partial charge < -0.3 is 10.6 Å². The summed E-state index contributed by atoms with van der Waals surface area (Å²) in [5.41, 5.74) is 1.59. The molecule has 0 atom stereocenters. The maximum Gasteiger partial charge on any atom is 0.238 e. The van der Waals surface area contributed by atoms with Crippen molar-refractivity contribution in [3.63, 3.8) is 0 Å². The van der Waals surface area contributed by atoms with Crippen LogP contribution in [0.15, 0.2) is 30.7 Å². The fraction of sp³-hybridized carbons (Fsp3) is 0.357. The maximum absolute atomic E-state index is 11.8. The number of aromatic nitrogens is 2. The molecule has 0 spiro atoms. The third-order valence-electron chi connectivity index (χ3n) is 3.23. The number of pyridine rings is 2. The Morgan fingerprint density at radius 2 is 2.21 bits per heavy atom. The number of carbonyl (C=O) groups excluding carboxylic acids is 1. The van der Waals surface area contributed by atoms with E-state index in [2.05, 4.69) is 20.6 Å². The molecule has 0 aliphatic heterocycles. The summed E-state index contributed by atoms with van der Waals surface area (Å²) in [5.74, 6) is 0.746. The molecular formula is C14H16N4O. The van der Waals surface area contributed by atoms with E-state index in [0.29, 0.717) is 6.54 Å². The van der Waals surface area contributed by atoms with Crippen LogP contribution in [0.1, 0.15) is 12.8 Å². The minimum atomic E-state index is -0.0306. The van der Waals surface area contributed by atoms with E-state index in [1.165, 1.54) is 12.8 Å². The fourth-order valence-electron chi connectivity index (χ4n) is 2.00. The molecular weight excluding hydrogens is 240 g/mol. The quantitative estimate of drug-likeness (QED) is 0.852. The van der Waals surface area contributed by atoms with E-state index in [1.54, 1.807) is 24.7 Å². The number of fused-ring (bicyclic) bond motifs is 1. The van der Waals surface area contributed by atoms with Gasteiger partial charge in [0.15, 0.2) is 0 Å². The van der Waals surface area contributed by atoms with Crippen LogP contribution < -0.4 is 10.6 Å². The second kappa shape index (κ2) is 5.32. The number of nitrogens with zero attached hydrogens (tertiary/aromatic N) is 2. The van der Waals surface area contributed by atoms with E-state index < -0.39 is 0 Å². The zero-order chi connectivity index (χ0) is 13.1. The number of hydrogen-bond acceptors (Lipinski definition) is 4. The van der Waals surface area contributed by atoms with Gasteiger partial charge in [-0.25, -0.2) is 0 Å². The van der Waals surface area contributed by atoms with Crippen LogP contribution in [0.2, 0.25) is 0 Å². The van der Waals surface area contributed by atoms with Gasteiger partial charge >= 0.3 is 0 Å². The molecule has 1 fully saturated rings. The van der Waals surface area contributed by atoms with Crippen LogP contribution in [0.4, 0.5) is 5.69 Å². The summed E-state index contributed by atoms with van der Waals surface area (Å²) in [6.45, 7) is 1.28. The van der Waals surface area contributed by atoms with Gasteiger partial charge in [-0.15, -0.1) is 0 Å². The van der Waals surface area contributed by atoms with Crippen molar-refractivity contribution in [3.05, 3.63) is 30.7 Å². The van der Waals surface area contributed by atoms with Crippen LogP contribution >= 0.6 is 0 Å². The molecule has 3 rings (SSSR count). The molecule has 0 unspecified atom stereocenters. The van der Waals surface area contributed by atoms with Gasteiger partial charge in [0.05, 0.1) is 17.7 Å². The van der Waals surface area contributed by atoms with Gasteiger partial charge in [0.1, 0.15) is 0 Å². The summed E-state index contributed by atoms with van der Waals surface area (Å²) in [4.78, 5) is 20.1. The molecule has 2 aromatic heterocycles. The molecule has 0 bridgehead atoms. The van der Waals surface area contributed by atoms with Gasteiger partial charge in [0, 0.05) is 24.0 Å². The molecule has 0 radical (unpaired) electrons. The van der Waals surface area contributed by atoms with E-state index in [4.69, 9.17) is 0 Å². The predicted molar refractivity (Wildman–Crippen MR) is 73.8 cm³/mol. The van der Waals surface area contributed by atoms with Crippen LogP contribution in [0.25, 0.3) is 10.9 Å². The van der Waals surface area contributed by atoms with Gasteiger partial charge in [-0.05, 0) is 37.4 Å².